The van der Waals surface area contributed by atoms with Gasteiger partial charge in [-0.3, -0.25) is 4.79 Å². The van der Waals surface area contributed by atoms with E-state index in [0.29, 0.717) is 41.5 Å². The molecule has 0 radical (unpaired) electrons. The van der Waals surface area contributed by atoms with E-state index in [0.717, 1.165) is 17.3 Å². The van der Waals surface area contributed by atoms with Crippen LogP contribution in [0.3, 0.4) is 0 Å². The van der Waals surface area contributed by atoms with Gasteiger partial charge in [-0.05, 0) is 26.7 Å². The molecule has 4 rings (SSSR count). The van der Waals surface area contributed by atoms with Crippen LogP contribution in [-0.4, -0.2) is 34.4 Å². The molecule has 1 fully saturated rings. The number of rotatable bonds is 5. The van der Waals surface area contributed by atoms with Crippen LogP contribution in [0.15, 0.2) is 17.3 Å². The highest BCUT2D eigenvalue weighted by Gasteiger charge is 2.23. The van der Waals surface area contributed by atoms with Crippen LogP contribution in [0, 0.1) is 13.8 Å². The first kappa shape index (κ1) is 21.4. The number of hydrogen-bond donors (Lipinski definition) is 1. The van der Waals surface area contributed by atoms with Crippen molar-refractivity contribution in [2.75, 3.05) is 24.3 Å². The van der Waals surface area contributed by atoms with Crippen LogP contribution in [0.5, 0.6) is 11.5 Å². The summed E-state index contributed by atoms with van der Waals surface area (Å²) in [6, 6.07) is 3.93. The molecule has 2 heterocycles. The Morgan fingerprint density at radius 3 is 2.60 bits per heavy atom. The summed E-state index contributed by atoms with van der Waals surface area (Å²) in [6.07, 6.45) is 7.01. The molecule has 6 nitrogen and oxygen atoms in total. The Bertz CT molecular complexity index is 925. The predicted octanol–water partition coefficient (Wildman–Crippen LogP) is 5.55. The summed E-state index contributed by atoms with van der Waals surface area (Å²) in [5, 5.41) is 4.27. The first-order chi connectivity index (χ1) is 14.5. The molecule has 2 aromatic rings. The Labute approximate surface area is 186 Å². The number of fused-ring (bicyclic) bond motifs is 1. The molecular weight excluding hydrogens is 422 g/mol. The van der Waals surface area contributed by atoms with Gasteiger partial charge in [-0.2, -0.15) is 0 Å². The summed E-state index contributed by atoms with van der Waals surface area (Å²) in [4.78, 5) is 17.4. The number of aromatic nitrogens is 2. The van der Waals surface area contributed by atoms with E-state index in [1.807, 2.05) is 6.92 Å². The second-order valence-corrected chi connectivity index (χ2v) is 9.24. The summed E-state index contributed by atoms with van der Waals surface area (Å²) in [5.74, 6) is 1.38. The number of amides is 1. The molecule has 8 heteroatoms. The summed E-state index contributed by atoms with van der Waals surface area (Å²) in [7, 11) is 0. The number of carbonyl (C=O) groups is 1. The smallest absolute Gasteiger partial charge is 0.234 e. The molecule has 30 heavy (non-hydrogen) atoms. The minimum atomic E-state index is -0.120. The zero-order chi connectivity index (χ0) is 21.1. The lowest BCUT2D eigenvalue weighted by molar-refractivity contribution is -0.113. The van der Waals surface area contributed by atoms with Gasteiger partial charge in [0.05, 0.1) is 35.4 Å². The summed E-state index contributed by atoms with van der Waals surface area (Å²) >= 11 is 7.83. The third-order valence-electron chi connectivity index (χ3n) is 5.74. The summed E-state index contributed by atoms with van der Waals surface area (Å²) < 4.78 is 13.7. The van der Waals surface area contributed by atoms with Crippen molar-refractivity contribution in [1.29, 1.82) is 0 Å². The fourth-order valence-corrected chi connectivity index (χ4v) is 5.22. The molecule has 2 aliphatic rings. The minimum absolute atomic E-state index is 0.120. The molecule has 162 valence electrons. The Balaban J connectivity index is 1.43. The summed E-state index contributed by atoms with van der Waals surface area (Å²) in [6.45, 7) is 5.34. The minimum Gasteiger partial charge on any atom is -0.490 e. The van der Waals surface area contributed by atoms with Crippen LogP contribution in [0.4, 0.5) is 5.69 Å². The molecule has 1 N–H and O–H groups in total. The lowest BCUT2D eigenvalue weighted by atomic mass is 9.95. The van der Waals surface area contributed by atoms with Gasteiger partial charge in [-0.25, -0.2) is 4.98 Å². The van der Waals surface area contributed by atoms with Gasteiger partial charge in [0.1, 0.15) is 0 Å². The van der Waals surface area contributed by atoms with Crippen molar-refractivity contribution in [3.63, 3.8) is 0 Å². The first-order valence-corrected chi connectivity index (χ1v) is 12.0. The number of thioether (sulfide) groups is 1. The second kappa shape index (κ2) is 9.52. The zero-order valence-electron chi connectivity index (χ0n) is 17.5. The average molecular weight is 450 g/mol. The number of halogens is 1. The van der Waals surface area contributed by atoms with E-state index in [4.69, 9.17) is 26.1 Å². The Morgan fingerprint density at radius 2 is 1.87 bits per heavy atom. The number of anilines is 1. The summed E-state index contributed by atoms with van der Waals surface area (Å²) in [5.41, 5.74) is 2.78. The highest BCUT2D eigenvalue weighted by molar-refractivity contribution is 7.99. The third kappa shape index (κ3) is 4.72. The lowest BCUT2D eigenvalue weighted by Gasteiger charge is -2.26. The maximum Gasteiger partial charge on any atom is 0.234 e. The zero-order valence-corrected chi connectivity index (χ0v) is 19.1. The fraction of sp³-hybridized carbons (Fsp3) is 0.545. The molecule has 0 atom stereocenters. The normalized spacial score (nSPS) is 16.9. The average Bonchev–Trinajstić information content (AvgIpc) is 2.89. The topological polar surface area (TPSA) is 65.4 Å². The van der Waals surface area contributed by atoms with Crippen molar-refractivity contribution in [3.05, 3.63) is 28.5 Å². The fourth-order valence-electron chi connectivity index (χ4n) is 4.06. The quantitative estimate of drug-likeness (QED) is 0.606. The monoisotopic (exact) mass is 449 g/mol. The van der Waals surface area contributed by atoms with Crippen molar-refractivity contribution < 1.29 is 14.3 Å². The van der Waals surface area contributed by atoms with Gasteiger partial charge in [0.2, 0.25) is 5.91 Å². The van der Waals surface area contributed by atoms with E-state index < -0.39 is 0 Å². The van der Waals surface area contributed by atoms with Gasteiger partial charge in [-0.15, -0.1) is 0 Å². The third-order valence-corrected chi connectivity index (χ3v) is 7.00. The van der Waals surface area contributed by atoms with E-state index in [-0.39, 0.29) is 11.7 Å². The molecule has 0 bridgehead atoms. The van der Waals surface area contributed by atoms with Crippen LogP contribution in [0.2, 0.25) is 5.02 Å². The number of ether oxygens (including phenoxy) is 2. The van der Waals surface area contributed by atoms with Crippen LogP contribution in [0.25, 0.3) is 0 Å². The molecule has 1 amide bonds. The molecule has 1 aliphatic heterocycles. The maximum atomic E-state index is 12.7. The van der Waals surface area contributed by atoms with Crippen molar-refractivity contribution in [2.24, 2.45) is 0 Å². The van der Waals surface area contributed by atoms with Gasteiger partial charge < -0.3 is 19.4 Å². The molecule has 0 unspecified atom stereocenters. The second-order valence-electron chi connectivity index (χ2n) is 7.89. The van der Waals surface area contributed by atoms with Crippen molar-refractivity contribution in [2.45, 2.75) is 63.6 Å². The predicted molar refractivity (Wildman–Crippen MR) is 120 cm³/mol. The molecular formula is C22H28ClN3O3S. The molecule has 0 saturated heterocycles. The van der Waals surface area contributed by atoms with Gasteiger partial charge in [0.25, 0.3) is 0 Å². The highest BCUT2D eigenvalue weighted by Crippen LogP contribution is 2.38. The standard InChI is InChI=1S/C22H28ClN3O3S/c1-14-15(2)26(16-7-4-3-5-8-16)22(24-14)30-13-21(27)25-18-12-20-19(11-17(18)23)28-9-6-10-29-20/h11-12,16H,3-10,13H2,1-2H3,(H,25,27). The SMILES string of the molecule is Cc1nc(SCC(=O)Nc2cc3c(cc2Cl)OCCCO3)n(C2CCCCC2)c1C. The number of benzene rings is 1. The Hall–Kier alpha value is -1.86. The number of nitrogens with one attached hydrogen (secondary N) is 1. The van der Waals surface area contributed by atoms with Crippen LogP contribution in [-0.2, 0) is 4.79 Å². The molecule has 1 aromatic heterocycles. The highest BCUT2D eigenvalue weighted by atomic mass is 35.5. The largest absolute Gasteiger partial charge is 0.490 e. The number of hydrogen-bond acceptors (Lipinski definition) is 5. The van der Waals surface area contributed by atoms with Gasteiger partial charge in [0, 0.05) is 30.3 Å². The van der Waals surface area contributed by atoms with Crippen LogP contribution in [0.1, 0.15) is 56.0 Å². The van der Waals surface area contributed by atoms with Gasteiger partial charge in [-0.1, -0.05) is 42.6 Å². The van der Waals surface area contributed by atoms with Crippen LogP contribution < -0.4 is 14.8 Å². The van der Waals surface area contributed by atoms with Gasteiger partial charge >= 0.3 is 0 Å². The Morgan fingerprint density at radius 1 is 1.17 bits per heavy atom. The molecule has 1 aromatic carbocycles. The number of nitrogens with zero attached hydrogens (tertiary/aromatic N) is 2. The van der Waals surface area contributed by atoms with E-state index in [1.54, 1.807) is 12.1 Å². The maximum absolute atomic E-state index is 12.7. The molecule has 1 aliphatic carbocycles. The number of imidazole rings is 1. The van der Waals surface area contributed by atoms with E-state index in [9.17, 15) is 4.79 Å². The van der Waals surface area contributed by atoms with E-state index in [2.05, 4.69) is 16.8 Å². The van der Waals surface area contributed by atoms with Crippen LogP contribution >= 0.6 is 23.4 Å². The van der Waals surface area contributed by atoms with Crippen molar-refractivity contribution in [3.8, 4) is 11.5 Å². The van der Waals surface area contributed by atoms with E-state index in [1.165, 1.54) is 49.6 Å². The van der Waals surface area contributed by atoms with E-state index >= 15 is 0 Å². The number of aryl methyl sites for hydroxylation is 1. The molecule has 0 spiro atoms. The van der Waals surface area contributed by atoms with Crippen molar-refractivity contribution in [1.82, 2.24) is 9.55 Å². The van der Waals surface area contributed by atoms with Crippen molar-refractivity contribution >= 4 is 35.0 Å². The van der Waals surface area contributed by atoms with Gasteiger partial charge in [0.15, 0.2) is 16.7 Å². The Kier molecular flexibility index (Phi) is 6.78. The molecule has 1 saturated carbocycles. The number of carbonyl (C=O) groups excluding carboxylic acids is 1. The lowest BCUT2D eigenvalue weighted by Crippen LogP contribution is -2.17. The first-order valence-electron chi connectivity index (χ1n) is 10.6.